The molecular formula is C11H12N2O4. The number of nitrogens with one attached hydrogen (secondary N) is 1. The molecule has 1 aromatic carbocycles. The van der Waals surface area contributed by atoms with Crippen LogP contribution in [0.5, 0.6) is 0 Å². The van der Waals surface area contributed by atoms with Crippen molar-refractivity contribution >= 4 is 17.4 Å². The first kappa shape index (κ1) is 12.8. The second-order valence-corrected chi connectivity index (χ2v) is 3.58. The highest BCUT2D eigenvalue weighted by atomic mass is 16.6. The van der Waals surface area contributed by atoms with E-state index in [9.17, 15) is 19.7 Å². The molecule has 0 fully saturated rings. The Morgan fingerprint density at radius 1 is 1.29 bits per heavy atom. The second kappa shape index (κ2) is 5.74. The quantitative estimate of drug-likeness (QED) is 0.472. The van der Waals surface area contributed by atoms with E-state index in [2.05, 4.69) is 5.32 Å². The van der Waals surface area contributed by atoms with Crippen molar-refractivity contribution in [2.24, 2.45) is 0 Å². The number of amides is 1. The van der Waals surface area contributed by atoms with Crippen LogP contribution in [0.3, 0.4) is 0 Å². The predicted octanol–water partition coefficient (Wildman–Crippen LogP) is 1.19. The maximum absolute atomic E-state index is 11.2. The number of non-ortho nitro benzene ring substituents is 1. The van der Waals surface area contributed by atoms with Gasteiger partial charge in [0.25, 0.3) is 5.69 Å². The number of carbonyl (C=O) groups excluding carboxylic acids is 2. The molecule has 0 saturated heterocycles. The van der Waals surface area contributed by atoms with Crippen molar-refractivity contribution in [3.05, 3.63) is 39.9 Å². The lowest BCUT2D eigenvalue weighted by molar-refractivity contribution is -0.384. The Labute approximate surface area is 97.8 Å². The minimum atomic E-state index is -0.488. The van der Waals surface area contributed by atoms with Gasteiger partial charge < -0.3 is 5.32 Å². The number of hydrogen-bond acceptors (Lipinski definition) is 4. The average molecular weight is 236 g/mol. The Hall–Kier alpha value is -2.24. The topological polar surface area (TPSA) is 89.3 Å². The van der Waals surface area contributed by atoms with Crippen LogP contribution in [0.25, 0.3) is 0 Å². The monoisotopic (exact) mass is 236 g/mol. The van der Waals surface area contributed by atoms with Crippen LogP contribution in [0, 0.1) is 10.1 Å². The van der Waals surface area contributed by atoms with Gasteiger partial charge in [0.15, 0.2) is 0 Å². The fourth-order valence-electron chi connectivity index (χ4n) is 1.22. The zero-order valence-electron chi connectivity index (χ0n) is 9.30. The fourth-order valence-corrected chi connectivity index (χ4v) is 1.22. The van der Waals surface area contributed by atoms with E-state index in [0.29, 0.717) is 0 Å². The van der Waals surface area contributed by atoms with Crippen molar-refractivity contribution in [2.45, 2.75) is 19.9 Å². The van der Waals surface area contributed by atoms with Crippen LogP contribution in [0.1, 0.15) is 18.9 Å². The number of nitrogens with zero attached hydrogens (tertiary/aromatic N) is 1. The molecule has 6 heteroatoms. The molecule has 0 unspecified atom stereocenters. The number of nitro benzene ring substituents is 1. The molecular weight excluding hydrogens is 224 g/mol. The third kappa shape index (κ3) is 4.42. The molecule has 0 radical (unpaired) electrons. The van der Waals surface area contributed by atoms with Gasteiger partial charge in [-0.1, -0.05) is 12.1 Å². The molecule has 0 aliphatic carbocycles. The third-order valence-corrected chi connectivity index (χ3v) is 2.05. The summed E-state index contributed by atoms with van der Waals surface area (Å²) in [4.78, 5) is 31.7. The first-order valence-electron chi connectivity index (χ1n) is 4.98. The molecule has 0 atom stereocenters. The summed E-state index contributed by atoms with van der Waals surface area (Å²) >= 11 is 0. The minimum absolute atomic E-state index is 0.00353. The summed E-state index contributed by atoms with van der Waals surface area (Å²) in [5, 5.41) is 12.9. The maximum atomic E-state index is 11.2. The van der Waals surface area contributed by atoms with Crippen molar-refractivity contribution in [3.8, 4) is 0 Å². The molecule has 0 bridgehead atoms. The summed E-state index contributed by atoms with van der Waals surface area (Å²) < 4.78 is 0. The molecule has 0 heterocycles. The van der Waals surface area contributed by atoms with Crippen molar-refractivity contribution < 1.29 is 14.5 Å². The van der Waals surface area contributed by atoms with Gasteiger partial charge in [0, 0.05) is 18.7 Å². The first-order chi connectivity index (χ1) is 7.99. The number of nitro groups is 1. The van der Waals surface area contributed by atoms with Crippen molar-refractivity contribution in [2.75, 3.05) is 0 Å². The van der Waals surface area contributed by atoms with Gasteiger partial charge in [0.05, 0.1) is 11.3 Å². The normalized spacial score (nSPS) is 9.71. The zero-order valence-corrected chi connectivity index (χ0v) is 9.30. The third-order valence-electron chi connectivity index (χ3n) is 2.05. The summed E-state index contributed by atoms with van der Waals surface area (Å²) in [6, 6.07) is 5.86. The van der Waals surface area contributed by atoms with E-state index in [0.717, 1.165) is 5.56 Å². The summed E-state index contributed by atoms with van der Waals surface area (Å²) in [7, 11) is 0. The average Bonchev–Trinajstić information content (AvgIpc) is 2.26. The number of rotatable bonds is 5. The smallest absolute Gasteiger partial charge is 0.269 e. The van der Waals surface area contributed by atoms with Gasteiger partial charge in [-0.15, -0.1) is 0 Å². The fraction of sp³-hybridized carbons (Fsp3) is 0.273. The highest BCUT2D eigenvalue weighted by Crippen LogP contribution is 2.11. The molecule has 0 aromatic heterocycles. The highest BCUT2D eigenvalue weighted by molar-refractivity contribution is 5.96. The van der Waals surface area contributed by atoms with Crippen molar-refractivity contribution in [3.63, 3.8) is 0 Å². The van der Waals surface area contributed by atoms with E-state index >= 15 is 0 Å². The molecule has 1 N–H and O–H groups in total. The maximum Gasteiger partial charge on any atom is 0.269 e. The van der Waals surface area contributed by atoms with E-state index in [4.69, 9.17) is 0 Å². The van der Waals surface area contributed by atoms with Crippen molar-refractivity contribution in [1.29, 1.82) is 0 Å². The van der Waals surface area contributed by atoms with Crippen LogP contribution in [0.4, 0.5) is 5.69 Å². The van der Waals surface area contributed by atoms with Gasteiger partial charge in [-0.3, -0.25) is 19.7 Å². The van der Waals surface area contributed by atoms with Crippen LogP contribution < -0.4 is 5.32 Å². The van der Waals surface area contributed by atoms with Crippen LogP contribution in [-0.4, -0.2) is 16.6 Å². The van der Waals surface area contributed by atoms with Gasteiger partial charge in [-0.2, -0.15) is 0 Å². The Bertz CT molecular complexity index is 439. The Morgan fingerprint density at radius 2 is 1.88 bits per heavy atom. The van der Waals surface area contributed by atoms with Gasteiger partial charge in [0.2, 0.25) is 5.91 Å². The van der Waals surface area contributed by atoms with E-state index in [-0.39, 0.29) is 30.3 Å². The van der Waals surface area contributed by atoms with E-state index < -0.39 is 4.92 Å². The lowest BCUT2D eigenvalue weighted by atomic mass is 10.2. The van der Waals surface area contributed by atoms with Crippen molar-refractivity contribution in [1.82, 2.24) is 5.32 Å². The molecule has 0 spiro atoms. The molecule has 17 heavy (non-hydrogen) atoms. The lowest BCUT2D eigenvalue weighted by Crippen LogP contribution is -2.24. The SMILES string of the molecule is CC(=O)CC(=O)NCc1ccc([N+](=O)[O-])cc1. The molecule has 1 rings (SSSR count). The van der Waals surface area contributed by atoms with Crippen LogP contribution in [0.15, 0.2) is 24.3 Å². The van der Waals surface area contributed by atoms with Crippen LogP contribution in [-0.2, 0) is 16.1 Å². The molecule has 0 aliphatic rings. The second-order valence-electron chi connectivity index (χ2n) is 3.58. The Balaban J connectivity index is 2.50. The molecule has 0 aliphatic heterocycles. The largest absolute Gasteiger partial charge is 0.352 e. The van der Waals surface area contributed by atoms with Gasteiger partial charge in [-0.25, -0.2) is 0 Å². The van der Waals surface area contributed by atoms with Gasteiger partial charge in [0.1, 0.15) is 5.78 Å². The number of Topliss-reactive ketones (excluding diaryl/α,β-unsaturated/α-hetero) is 1. The van der Waals surface area contributed by atoms with E-state index in [1.165, 1.54) is 19.1 Å². The summed E-state index contributed by atoms with van der Waals surface area (Å²) in [6.45, 7) is 1.59. The summed E-state index contributed by atoms with van der Waals surface area (Å²) in [5.74, 6) is -0.554. The van der Waals surface area contributed by atoms with Crippen LogP contribution >= 0.6 is 0 Å². The Morgan fingerprint density at radius 3 is 2.35 bits per heavy atom. The number of benzene rings is 1. The van der Waals surface area contributed by atoms with E-state index in [1.807, 2.05) is 0 Å². The Kier molecular flexibility index (Phi) is 4.33. The van der Waals surface area contributed by atoms with Crippen LogP contribution in [0.2, 0.25) is 0 Å². The van der Waals surface area contributed by atoms with E-state index in [1.54, 1.807) is 12.1 Å². The number of carbonyl (C=O) groups is 2. The molecule has 0 saturated carbocycles. The molecule has 6 nitrogen and oxygen atoms in total. The summed E-state index contributed by atoms with van der Waals surface area (Å²) in [5.41, 5.74) is 0.747. The standard InChI is InChI=1S/C11H12N2O4/c1-8(14)6-11(15)12-7-9-2-4-10(5-3-9)13(16)17/h2-5H,6-7H2,1H3,(H,12,15). The molecule has 1 aromatic rings. The predicted molar refractivity (Wildman–Crippen MR) is 60.2 cm³/mol. The van der Waals surface area contributed by atoms with Gasteiger partial charge in [-0.05, 0) is 12.5 Å². The van der Waals surface area contributed by atoms with Gasteiger partial charge >= 0.3 is 0 Å². The number of hydrogen-bond donors (Lipinski definition) is 1. The first-order valence-corrected chi connectivity index (χ1v) is 4.98. The molecule has 90 valence electrons. The zero-order chi connectivity index (χ0) is 12.8. The minimum Gasteiger partial charge on any atom is -0.352 e. The lowest BCUT2D eigenvalue weighted by Gasteiger charge is -2.03. The number of ketones is 1. The molecule has 1 amide bonds. The highest BCUT2D eigenvalue weighted by Gasteiger charge is 2.06. The summed E-state index contributed by atoms with van der Waals surface area (Å²) in [6.07, 6.45) is -0.146.